The zero-order valence-corrected chi connectivity index (χ0v) is 17.8. The highest BCUT2D eigenvalue weighted by Crippen LogP contribution is 2.34. The van der Waals surface area contributed by atoms with E-state index in [0.717, 1.165) is 56.2 Å². The van der Waals surface area contributed by atoms with E-state index in [0.29, 0.717) is 5.56 Å². The number of nitriles is 1. The molecule has 0 fully saturated rings. The molecule has 0 unspecified atom stereocenters. The third-order valence-corrected chi connectivity index (χ3v) is 5.46. The Morgan fingerprint density at radius 2 is 1.59 bits per heavy atom. The second kappa shape index (κ2) is 8.01. The Bertz CT molecular complexity index is 1480. The Kier molecular flexibility index (Phi) is 4.89. The average Bonchev–Trinajstić information content (AvgIpc) is 3.29. The second-order valence-electron chi connectivity index (χ2n) is 7.59. The lowest BCUT2D eigenvalue weighted by atomic mass is 10.0. The minimum Gasteiger partial charge on any atom is -0.497 e. The van der Waals surface area contributed by atoms with Crippen molar-refractivity contribution in [3.8, 4) is 45.9 Å². The second-order valence-corrected chi connectivity index (χ2v) is 7.59. The van der Waals surface area contributed by atoms with Gasteiger partial charge in [0.2, 0.25) is 0 Å². The number of nitrogens with zero attached hydrogens (tertiary/aromatic N) is 3. The molecular formula is C27H20N4O. The van der Waals surface area contributed by atoms with Crippen molar-refractivity contribution < 1.29 is 4.74 Å². The van der Waals surface area contributed by atoms with Crippen molar-refractivity contribution in [3.05, 3.63) is 90.1 Å². The quantitative estimate of drug-likeness (QED) is 0.381. The highest BCUT2D eigenvalue weighted by Gasteiger charge is 2.17. The number of H-pyrrole nitrogens is 1. The molecule has 0 aliphatic carbocycles. The third kappa shape index (κ3) is 3.59. The van der Waals surface area contributed by atoms with Gasteiger partial charge in [-0.05, 0) is 72.3 Å². The summed E-state index contributed by atoms with van der Waals surface area (Å²) in [5.74, 6) is 1.57. The average molecular weight is 416 g/mol. The number of fused-ring (bicyclic) bond motifs is 1. The largest absolute Gasteiger partial charge is 0.497 e. The molecule has 0 saturated carbocycles. The molecule has 5 nitrogen and oxygen atoms in total. The zero-order valence-electron chi connectivity index (χ0n) is 17.8. The third-order valence-electron chi connectivity index (χ3n) is 5.46. The molecule has 5 aromatic rings. The van der Waals surface area contributed by atoms with Gasteiger partial charge < -0.3 is 9.72 Å². The first-order valence-electron chi connectivity index (χ1n) is 10.3. The minimum atomic E-state index is 0.617. The molecule has 2 heterocycles. The molecule has 0 saturated heterocycles. The predicted octanol–water partition coefficient (Wildman–Crippen LogP) is 6.15. The summed E-state index contributed by atoms with van der Waals surface area (Å²) in [6.07, 6.45) is 0. The van der Waals surface area contributed by atoms with Crippen LogP contribution >= 0.6 is 0 Å². The molecule has 5 heteroatoms. The number of pyridine rings is 1. The lowest BCUT2D eigenvalue weighted by molar-refractivity contribution is 0.415. The number of hydrogen-bond donors (Lipinski definition) is 1. The summed E-state index contributed by atoms with van der Waals surface area (Å²) in [6.45, 7) is 1.98. The number of aryl methyl sites for hydroxylation is 1. The van der Waals surface area contributed by atoms with Crippen molar-refractivity contribution in [1.29, 1.82) is 5.26 Å². The van der Waals surface area contributed by atoms with E-state index in [1.54, 1.807) is 19.2 Å². The molecule has 0 aliphatic heterocycles. The molecule has 0 aliphatic rings. The van der Waals surface area contributed by atoms with Crippen LogP contribution in [0.4, 0.5) is 0 Å². The lowest BCUT2D eigenvalue weighted by Crippen LogP contribution is -1.89. The van der Waals surface area contributed by atoms with Crippen molar-refractivity contribution in [2.45, 2.75) is 6.92 Å². The van der Waals surface area contributed by atoms with Gasteiger partial charge >= 0.3 is 0 Å². The first-order chi connectivity index (χ1) is 15.6. The Morgan fingerprint density at radius 1 is 0.844 bits per heavy atom. The Labute approximate surface area is 186 Å². The number of aromatic nitrogens is 3. The smallest absolute Gasteiger partial charge is 0.138 e. The van der Waals surface area contributed by atoms with Crippen LogP contribution in [0.5, 0.6) is 5.75 Å². The number of imidazole rings is 1. The van der Waals surface area contributed by atoms with Gasteiger partial charge in [0.15, 0.2) is 0 Å². The van der Waals surface area contributed by atoms with E-state index < -0.39 is 0 Å². The van der Waals surface area contributed by atoms with Gasteiger partial charge in [0, 0.05) is 16.8 Å². The van der Waals surface area contributed by atoms with Crippen LogP contribution in [0.25, 0.3) is 44.8 Å². The standard InChI is InChI=1S/C27H20N4O/c1-17-4-3-5-24(29-17)26-25(30-27(31-26)19-8-6-18(16-28)7-9-19)22-11-10-21-15-23(32-2)13-12-20(21)14-22/h3-15H,1-2H3,(H,30,31). The number of ether oxygens (including phenoxy) is 1. The van der Waals surface area contributed by atoms with Crippen molar-refractivity contribution in [1.82, 2.24) is 15.0 Å². The summed E-state index contributed by atoms with van der Waals surface area (Å²) < 4.78 is 5.35. The van der Waals surface area contributed by atoms with E-state index in [2.05, 4.69) is 35.3 Å². The number of nitrogens with one attached hydrogen (secondary N) is 1. The van der Waals surface area contributed by atoms with E-state index in [4.69, 9.17) is 20.0 Å². The zero-order chi connectivity index (χ0) is 22.1. The molecular weight excluding hydrogens is 396 g/mol. The highest BCUT2D eigenvalue weighted by molar-refractivity contribution is 5.90. The summed E-state index contributed by atoms with van der Waals surface area (Å²) >= 11 is 0. The van der Waals surface area contributed by atoms with Gasteiger partial charge in [-0.25, -0.2) is 4.98 Å². The van der Waals surface area contributed by atoms with Crippen LogP contribution in [0.2, 0.25) is 0 Å². The summed E-state index contributed by atoms with van der Waals surface area (Å²) in [7, 11) is 1.67. The van der Waals surface area contributed by atoms with Crippen LogP contribution < -0.4 is 4.74 Å². The monoisotopic (exact) mass is 416 g/mol. The molecule has 0 atom stereocenters. The van der Waals surface area contributed by atoms with Crippen molar-refractivity contribution >= 4 is 10.8 Å². The molecule has 0 spiro atoms. The maximum Gasteiger partial charge on any atom is 0.138 e. The van der Waals surface area contributed by atoms with Gasteiger partial charge in [-0.3, -0.25) is 4.98 Å². The van der Waals surface area contributed by atoms with Crippen LogP contribution in [0.15, 0.2) is 78.9 Å². The topological polar surface area (TPSA) is 74.6 Å². The van der Waals surface area contributed by atoms with Crippen molar-refractivity contribution in [2.24, 2.45) is 0 Å². The Morgan fingerprint density at radius 3 is 2.34 bits per heavy atom. The number of aromatic amines is 1. The van der Waals surface area contributed by atoms with Gasteiger partial charge in [0.1, 0.15) is 11.6 Å². The van der Waals surface area contributed by atoms with Crippen LogP contribution in [-0.4, -0.2) is 22.1 Å². The fourth-order valence-corrected chi connectivity index (χ4v) is 3.79. The summed E-state index contributed by atoms with van der Waals surface area (Å²) in [4.78, 5) is 13.1. The van der Waals surface area contributed by atoms with Crippen LogP contribution in [0.3, 0.4) is 0 Å². The molecule has 0 amide bonds. The normalized spacial score (nSPS) is 10.8. The van der Waals surface area contributed by atoms with E-state index >= 15 is 0 Å². The molecule has 154 valence electrons. The van der Waals surface area contributed by atoms with Crippen molar-refractivity contribution in [3.63, 3.8) is 0 Å². The number of hydrogen-bond acceptors (Lipinski definition) is 4. The van der Waals surface area contributed by atoms with E-state index in [1.807, 2.05) is 49.4 Å². The van der Waals surface area contributed by atoms with E-state index in [1.165, 1.54) is 0 Å². The maximum absolute atomic E-state index is 9.10. The van der Waals surface area contributed by atoms with Crippen molar-refractivity contribution in [2.75, 3.05) is 7.11 Å². The summed E-state index contributed by atoms with van der Waals surface area (Å²) in [5.41, 5.74) is 6.00. The first-order valence-corrected chi connectivity index (χ1v) is 10.3. The maximum atomic E-state index is 9.10. The number of benzene rings is 3. The van der Waals surface area contributed by atoms with Crippen LogP contribution in [-0.2, 0) is 0 Å². The molecule has 0 bridgehead atoms. The SMILES string of the molecule is COc1ccc2cc(-c3nc(-c4ccc(C#N)cc4)[nH]c3-c3cccc(C)n3)ccc2c1. The molecule has 3 aromatic carbocycles. The summed E-state index contributed by atoms with van der Waals surface area (Å²) in [6, 6.07) is 27.8. The van der Waals surface area contributed by atoms with Gasteiger partial charge in [0.25, 0.3) is 0 Å². The van der Waals surface area contributed by atoms with Gasteiger partial charge in [-0.15, -0.1) is 0 Å². The van der Waals surface area contributed by atoms with E-state index in [9.17, 15) is 0 Å². The van der Waals surface area contributed by atoms with E-state index in [-0.39, 0.29) is 0 Å². The van der Waals surface area contributed by atoms with Gasteiger partial charge in [0.05, 0.1) is 35.8 Å². The molecule has 2 aromatic heterocycles. The minimum absolute atomic E-state index is 0.617. The first kappa shape index (κ1) is 19.5. The van der Waals surface area contributed by atoms with Gasteiger partial charge in [-0.1, -0.05) is 24.3 Å². The Balaban J connectivity index is 1.68. The van der Waals surface area contributed by atoms with Gasteiger partial charge in [-0.2, -0.15) is 5.26 Å². The van der Waals surface area contributed by atoms with Crippen LogP contribution in [0.1, 0.15) is 11.3 Å². The fraction of sp³-hybridized carbons (Fsp3) is 0.0741. The highest BCUT2D eigenvalue weighted by atomic mass is 16.5. The Hall–Kier alpha value is -4.43. The lowest BCUT2D eigenvalue weighted by Gasteiger charge is -2.06. The fourth-order valence-electron chi connectivity index (χ4n) is 3.79. The number of methoxy groups -OCH3 is 1. The summed E-state index contributed by atoms with van der Waals surface area (Å²) in [5, 5.41) is 11.3. The molecule has 1 N–H and O–H groups in total. The number of rotatable bonds is 4. The predicted molar refractivity (Wildman–Crippen MR) is 126 cm³/mol. The molecule has 0 radical (unpaired) electrons. The molecule has 32 heavy (non-hydrogen) atoms. The van der Waals surface area contributed by atoms with Crippen LogP contribution in [0, 0.1) is 18.3 Å². The molecule has 5 rings (SSSR count).